The number of anilines is 1. The Kier molecular flexibility index (Phi) is 7.36. The highest BCUT2D eigenvalue weighted by molar-refractivity contribution is 8.15. The minimum atomic E-state index is -1.43. The van der Waals surface area contributed by atoms with Crippen molar-refractivity contribution >= 4 is 33.3 Å². The maximum Gasteiger partial charge on any atom is 0.208 e. The number of aliphatic hydroxyl groups is 1. The number of aromatic nitrogens is 1. The standard InChI is InChI=1S/C25H26F3N5OS2/c26-17-7-8-19(27)18(15-17)23-31-33(25(36-23,10-4-11-29)16-5-2-1-3-6-16)24-30-21-20(35-24)9-12-32(13-14-34)22(21)28/h1-3,5-8,15,22,34H,4,9-14,29H2. The second-order valence-corrected chi connectivity index (χ2v) is 11.0. The van der Waals surface area contributed by atoms with Crippen LogP contribution < -0.4 is 10.7 Å². The Morgan fingerprint density at radius 3 is 2.72 bits per heavy atom. The molecule has 6 nitrogen and oxygen atoms in total. The highest BCUT2D eigenvalue weighted by Crippen LogP contribution is 2.53. The Morgan fingerprint density at radius 1 is 1.17 bits per heavy atom. The highest BCUT2D eigenvalue weighted by atomic mass is 32.2. The smallest absolute Gasteiger partial charge is 0.208 e. The summed E-state index contributed by atoms with van der Waals surface area (Å²) in [4.78, 5) is 6.22. The van der Waals surface area contributed by atoms with E-state index in [9.17, 15) is 13.9 Å². The Hall–Kier alpha value is -2.44. The van der Waals surface area contributed by atoms with Gasteiger partial charge >= 0.3 is 0 Å². The molecule has 0 saturated heterocycles. The summed E-state index contributed by atoms with van der Waals surface area (Å²) in [6, 6.07) is 13.0. The lowest BCUT2D eigenvalue weighted by molar-refractivity contribution is 0.0526. The van der Waals surface area contributed by atoms with E-state index in [4.69, 9.17) is 10.8 Å². The van der Waals surface area contributed by atoms with Gasteiger partial charge in [-0.3, -0.25) is 4.90 Å². The Bertz CT molecular complexity index is 1260. The Balaban J connectivity index is 1.64. The largest absolute Gasteiger partial charge is 0.395 e. The third-order valence-electron chi connectivity index (χ3n) is 6.36. The van der Waals surface area contributed by atoms with Gasteiger partial charge in [0.2, 0.25) is 5.13 Å². The number of rotatable bonds is 8. The van der Waals surface area contributed by atoms with Crippen LogP contribution in [0.4, 0.5) is 18.3 Å². The fourth-order valence-electron chi connectivity index (χ4n) is 4.58. The van der Waals surface area contributed by atoms with Gasteiger partial charge in [-0.05, 0) is 49.6 Å². The molecule has 2 aromatic carbocycles. The van der Waals surface area contributed by atoms with E-state index in [1.54, 1.807) is 9.91 Å². The predicted octanol–water partition coefficient (Wildman–Crippen LogP) is 4.75. The van der Waals surface area contributed by atoms with Gasteiger partial charge in [0.05, 0.1) is 6.61 Å². The van der Waals surface area contributed by atoms with E-state index in [0.717, 1.165) is 28.6 Å². The second kappa shape index (κ2) is 10.5. The van der Waals surface area contributed by atoms with Crippen molar-refractivity contribution in [3.8, 4) is 0 Å². The molecule has 5 rings (SSSR count). The summed E-state index contributed by atoms with van der Waals surface area (Å²) in [5.74, 6) is -1.14. The number of hydrogen-bond acceptors (Lipinski definition) is 8. The van der Waals surface area contributed by atoms with Crippen LogP contribution in [0, 0.1) is 11.6 Å². The third-order valence-corrected chi connectivity index (χ3v) is 8.91. The molecule has 11 heteroatoms. The van der Waals surface area contributed by atoms with Gasteiger partial charge in [0, 0.05) is 23.5 Å². The molecule has 0 saturated carbocycles. The summed E-state index contributed by atoms with van der Waals surface area (Å²) in [6.45, 7) is 0.992. The molecule has 0 spiro atoms. The number of alkyl halides is 1. The van der Waals surface area contributed by atoms with Crippen LogP contribution in [-0.4, -0.2) is 46.3 Å². The molecule has 2 aliphatic rings. The first kappa shape index (κ1) is 25.2. The summed E-state index contributed by atoms with van der Waals surface area (Å²) < 4.78 is 44.2. The van der Waals surface area contributed by atoms with Crippen molar-refractivity contribution in [3.05, 3.63) is 81.9 Å². The van der Waals surface area contributed by atoms with Crippen molar-refractivity contribution in [1.29, 1.82) is 0 Å². The minimum absolute atomic E-state index is 0.0642. The van der Waals surface area contributed by atoms with E-state index < -0.39 is 22.8 Å². The van der Waals surface area contributed by atoms with Crippen molar-refractivity contribution in [1.82, 2.24) is 9.88 Å². The molecule has 0 amide bonds. The molecule has 0 fully saturated rings. The SMILES string of the molecule is NCCCC1(c2ccccc2)SC(c2cc(F)ccc2F)=NN1c1nc2c(s1)CCN(CCO)C2F. The number of β-amino-alcohol motifs (C(OH)–C–C–N with tert-alkyl or cyclic N) is 1. The van der Waals surface area contributed by atoms with Crippen LogP contribution >= 0.6 is 23.1 Å². The molecular formula is C25H26F3N5OS2. The van der Waals surface area contributed by atoms with E-state index in [1.165, 1.54) is 23.1 Å². The number of halogens is 3. The highest BCUT2D eigenvalue weighted by Gasteiger charge is 2.48. The number of thioether (sulfide) groups is 1. The lowest BCUT2D eigenvalue weighted by Gasteiger charge is -2.35. The quantitative estimate of drug-likeness (QED) is 0.407. The van der Waals surface area contributed by atoms with E-state index in [0.29, 0.717) is 48.2 Å². The molecule has 3 N–H and O–H groups in total. The van der Waals surface area contributed by atoms with Crippen LogP contribution in [0.25, 0.3) is 0 Å². The van der Waals surface area contributed by atoms with E-state index in [2.05, 4.69) is 4.98 Å². The lowest BCUT2D eigenvalue weighted by atomic mass is 10.0. The molecule has 0 radical (unpaired) electrons. The third kappa shape index (κ3) is 4.54. The zero-order valence-electron chi connectivity index (χ0n) is 19.4. The predicted molar refractivity (Wildman–Crippen MR) is 138 cm³/mol. The van der Waals surface area contributed by atoms with E-state index in [-0.39, 0.29) is 18.7 Å². The number of nitrogens with two attached hydrogens (primary N) is 1. The van der Waals surface area contributed by atoms with Gasteiger partial charge in [-0.1, -0.05) is 53.4 Å². The van der Waals surface area contributed by atoms with Crippen molar-refractivity contribution in [2.24, 2.45) is 10.8 Å². The number of hydrazone groups is 1. The monoisotopic (exact) mass is 533 g/mol. The fraction of sp³-hybridized carbons (Fsp3) is 0.360. The average Bonchev–Trinajstić information content (AvgIpc) is 3.49. The van der Waals surface area contributed by atoms with Crippen LogP contribution in [0.15, 0.2) is 53.6 Å². The fourth-order valence-corrected chi connectivity index (χ4v) is 7.15. The zero-order chi connectivity index (χ0) is 25.3. The van der Waals surface area contributed by atoms with Crippen LogP contribution in [0.5, 0.6) is 0 Å². The van der Waals surface area contributed by atoms with Gasteiger partial charge in [0.15, 0.2) is 6.30 Å². The van der Waals surface area contributed by atoms with Crippen molar-refractivity contribution in [2.45, 2.75) is 30.4 Å². The van der Waals surface area contributed by atoms with Crippen LogP contribution in [0.1, 0.15) is 40.8 Å². The summed E-state index contributed by atoms with van der Waals surface area (Å²) in [5, 5.41) is 16.6. The van der Waals surface area contributed by atoms with Gasteiger partial charge in [-0.2, -0.15) is 5.10 Å². The van der Waals surface area contributed by atoms with Gasteiger partial charge in [-0.25, -0.2) is 23.2 Å². The minimum Gasteiger partial charge on any atom is -0.395 e. The van der Waals surface area contributed by atoms with Crippen LogP contribution in [-0.2, 0) is 11.3 Å². The number of aliphatic hydroxyl groups excluding tert-OH is 1. The van der Waals surface area contributed by atoms with Crippen molar-refractivity contribution in [3.63, 3.8) is 0 Å². The Labute approximate surface area is 215 Å². The summed E-state index contributed by atoms with van der Waals surface area (Å²) >= 11 is 2.69. The zero-order valence-corrected chi connectivity index (χ0v) is 21.0. The normalized spacial score (nSPS) is 22.1. The maximum atomic E-state index is 15.3. The number of nitrogens with zero attached hydrogens (tertiary/aromatic N) is 4. The number of hydrogen-bond donors (Lipinski definition) is 2. The molecular weight excluding hydrogens is 507 g/mol. The molecule has 0 bridgehead atoms. The molecule has 190 valence electrons. The number of thiazole rings is 1. The first-order chi connectivity index (χ1) is 17.5. The number of fused-ring (bicyclic) bond motifs is 1. The van der Waals surface area contributed by atoms with Crippen LogP contribution in [0.2, 0.25) is 0 Å². The molecule has 2 unspecified atom stereocenters. The topological polar surface area (TPSA) is 78.0 Å². The van der Waals surface area contributed by atoms with Crippen molar-refractivity contribution in [2.75, 3.05) is 31.3 Å². The van der Waals surface area contributed by atoms with Crippen LogP contribution in [0.3, 0.4) is 0 Å². The van der Waals surface area contributed by atoms with Crippen molar-refractivity contribution < 1.29 is 18.3 Å². The summed E-state index contributed by atoms with van der Waals surface area (Å²) in [7, 11) is 0. The molecule has 2 aliphatic heterocycles. The summed E-state index contributed by atoms with van der Waals surface area (Å²) in [6.07, 6.45) is 0.376. The first-order valence-corrected chi connectivity index (χ1v) is 13.4. The first-order valence-electron chi connectivity index (χ1n) is 11.7. The maximum absolute atomic E-state index is 15.3. The molecule has 36 heavy (non-hydrogen) atoms. The van der Waals surface area contributed by atoms with Gasteiger partial charge < -0.3 is 10.8 Å². The Morgan fingerprint density at radius 2 is 1.97 bits per heavy atom. The molecule has 3 heterocycles. The van der Waals surface area contributed by atoms with Gasteiger partial charge in [0.1, 0.15) is 27.2 Å². The molecule has 3 aromatic rings. The van der Waals surface area contributed by atoms with E-state index in [1.807, 2.05) is 30.3 Å². The van der Waals surface area contributed by atoms with Gasteiger partial charge in [-0.15, -0.1) is 0 Å². The average molecular weight is 534 g/mol. The lowest BCUT2D eigenvalue weighted by Crippen LogP contribution is -2.38. The molecule has 2 atom stereocenters. The van der Waals surface area contributed by atoms with Gasteiger partial charge in [0.25, 0.3) is 0 Å². The second-order valence-electron chi connectivity index (χ2n) is 8.64. The van der Waals surface area contributed by atoms with E-state index >= 15 is 4.39 Å². The molecule has 1 aromatic heterocycles. The number of benzene rings is 2. The molecule has 0 aliphatic carbocycles. The summed E-state index contributed by atoms with van der Waals surface area (Å²) in [5.41, 5.74) is 7.19.